The number of allylic oxidation sites excluding steroid dienone is 4. The van der Waals surface area contributed by atoms with Crippen molar-refractivity contribution in [3.8, 4) is 0 Å². The number of hydrogen-bond donors (Lipinski definition) is 0. The molecule has 4 aromatic rings. The van der Waals surface area contributed by atoms with Gasteiger partial charge < -0.3 is 4.90 Å². The van der Waals surface area contributed by atoms with Crippen LogP contribution in [0.25, 0.3) is 22.0 Å². The van der Waals surface area contributed by atoms with Gasteiger partial charge in [-0.3, -0.25) is 9.88 Å². The van der Waals surface area contributed by atoms with Crippen molar-refractivity contribution in [1.82, 2.24) is 15.2 Å². The van der Waals surface area contributed by atoms with E-state index < -0.39 is 0 Å². The summed E-state index contributed by atoms with van der Waals surface area (Å²) in [6.45, 7) is 17.2. The summed E-state index contributed by atoms with van der Waals surface area (Å²) in [4.78, 5) is 10.6. The molecule has 1 aliphatic rings. The Bertz CT molecular complexity index is 1510. The van der Waals surface area contributed by atoms with E-state index in [0.717, 1.165) is 54.7 Å². The number of pyridine rings is 1. The van der Waals surface area contributed by atoms with Crippen LogP contribution in [-0.2, 0) is 6.54 Å². The second kappa shape index (κ2) is 9.33. The molecule has 1 aromatic carbocycles. The highest BCUT2D eigenvalue weighted by atomic mass is 35.5. The number of fused-ring (bicyclic) bond motifs is 2. The number of rotatable bonds is 6. The molecule has 3 aromatic heterocycles. The van der Waals surface area contributed by atoms with Crippen molar-refractivity contribution >= 4 is 56.4 Å². The smallest absolute Gasteiger partial charge is 0.111 e. The molecule has 172 valence electrons. The molecule has 4 heterocycles. The molecule has 0 bridgehead atoms. The van der Waals surface area contributed by atoms with E-state index in [1.54, 1.807) is 23.6 Å². The molecule has 0 saturated carbocycles. The number of nitrogens with zero attached hydrogens (tertiary/aromatic N) is 5. The Hall–Kier alpha value is -4.00. The first-order valence-corrected chi connectivity index (χ1v) is 12.1. The van der Waals surface area contributed by atoms with Crippen molar-refractivity contribution in [2.45, 2.75) is 6.54 Å². The third-order valence-electron chi connectivity index (χ3n) is 5.78. The van der Waals surface area contributed by atoms with E-state index in [-0.39, 0.29) is 0 Å². The highest BCUT2D eigenvalue weighted by Gasteiger charge is 2.33. The Morgan fingerprint density at radius 3 is 2.66 bits per heavy atom. The van der Waals surface area contributed by atoms with E-state index in [4.69, 9.17) is 11.6 Å². The standard InChI is InChI=1S/C28H22ClN5S/c1-5-9-23(18(2)29)27-14-25-28(35-27)19(3)34(20(4)33(25)17-22-11-8-13-31-32-22)26-16-30-15-21-10-6-7-12-24(21)26/h5-16H,1-4,17H2/b23-9+. The highest BCUT2D eigenvalue weighted by Crippen LogP contribution is 2.49. The average Bonchev–Trinajstić information content (AvgIpc) is 3.31. The Balaban J connectivity index is 1.70. The molecule has 7 heteroatoms. The van der Waals surface area contributed by atoms with Gasteiger partial charge in [0.25, 0.3) is 0 Å². The van der Waals surface area contributed by atoms with Crippen molar-refractivity contribution < 1.29 is 0 Å². The molecule has 0 spiro atoms. The fraction of sp³-hybridized carbons (Fsp3) is 0.0357. The van der Waals surface area contributed by atoms with E-state index in [0.29, 0.717) is 11.6 Å². The number of hydrogen-bond acceptors (Lipinski definition) is 6. The summed E-state index contributed by atoms with van der Waals surface area (Å²) in [5.41, 5.74) is 4.33. The Morgan fingerprint density at radius 1 is 1.09 bits per heavy atom. The predicted octanol–water partition coefficient (Wildman–Crippen LogP) is 7.38. The van der Waals surface area contributed by atoms with E-state index in [1.165, 1.54) is 0 Å². The first-order valence-electron chi connectivity index (χ1n) is 10.9. The molecule has 35 heavy (non-hydrogen) atoms. The van der Waals surface area contributed by atoms with Gasteiger partial charge in [-0.2, -0.15) is 10.2 Å². The minimum absolute atomic E-state index is 0.448. The quantitative estimate of drug-likeness (QED) is 0.261. The summed E-state index contributed by atoms with van der Waals surface area (Å²) in [6.07, 6.45) is 8.95. The summed E-state index contributed by atoms with van der Waals surface area (Å²) in [6, 6.07) is 14.1. The largest absolute Gasteiger partial charge is 0.320 e. The lowest BCUT2D eigenvalue weighted by atomic mass is 10.1. The lowest BCUT2D eigenvalue weighted by Crippen LogP contribution is -2.38. The average molecular weight is 496 g/mol. The minimum Gasteiger partial charge on any atom is -0.320 e. The van der Waals surface area contributed by atoms with Crippen molar-refractivity contribution in [2.75, 3.05) is 9.80 Å². The number of aromatic nitrogens is 3. The van der Waals surface area contributed by atoms with Gasteiger partial charge in [0.1, 0.15) is 5.82 Å². The molecule has 0 atom stereocenters. The van der Waals surface area contributed by atoms with Crippen LogP contribution in [0.5, 0.6) is 0 Å². The van der Waals surface area contributed by atoms with Crippen LogP contribution in [0, 0.1) is 0 Å². The molecule has 0 N–H and O–H groups in total. The fourth-order valence-electron chi connectivity index (χ4n) is 4.18. The molecule has 0 aliphatic carbocycles. The molecule has 5 rings (SSSR count). The zero-order chi connectivity index (χ0) is 24.5. The van der Waals surface area contributed by atoms with E-state index in [2.05, 4.69) is 63.4 Å². The van der Waals surface area contributed by atoms with Crippen LogP contribution in [0.15, 0.2) is 110 Å². The number of halogens is 1. The second-order valence-electron chi connectivity index (χ2n) is 7.93. The molecule has 0 fully saturated rings. The van der Waals surface area contributed by atoms with Crippen molar-refractivity contribution in [3.05, 3.63) is 126 Å². The monoisotopic (exact) mass is 495 g/mol. The van der Waals surface area contributed by atoms with Gasteiger partial charge in [0, 0.05) is 38.6 Å². The van der Waals surface area contributed by atoms with Gasteiger partial charge in [0.15, 0.2) is 0 Å². The van der Waals surface area contributed by atoms with Crippen LogP contribution in [0.1, 0.15) is 15.4 Å². The fourth-order valence-corrected chi connectivity index (χ4v) is 5.58. The van der Waals surface area contributed by atoms with Crippen LogP contribution in [-0.4, -0.2) is 15.2 Å². The van der Waals surface area contributed by atoms with E-state index in [9.17, 15) is 0 Å². The van der Waals surface area contributed by atoms with E-state index >= 15 is 0 Å². The van der Waals surface area contributed by atoms with Gasteiger partial charge in [-0.05, 0) is 18.2 Å². The predicted molar refractivity (Wildman–Crippen MR) is 148 cm³/mol. The summed E-state index contributed by atoms with van der Waals surface area (Å²) < 4.78 is 0. The molecule has 5 nitrogen and oxygen atoms in total. The molecule has 0 unspecified atom stereocenters. The van der Waals surface area contributed by atoms with Gasteiger partial charge in [-0.1, -0.05) is 74.3 Å². The number of thiophene rings is 1. The zero-order valence-electron chi connectivity index (χ0n) is 19.0. The zero-order valence-corrected chi connectivity index (χ0v) is 20.6. The lowest BCUT2D eigenvalue weighted by Gasteiger charge is -2.40. The third kappa shape index (κ3) is 4.07. The lowest BCUT2D eigenvalue weighted by molar-refractivity contribution is 0.819. The van der Waals surface area contributed by atoms with Crippen molar-refractivity contribution in [3.63, 3.8) is 0 Å². The van der Waals surface area contributed by atoms with Gasteiger partial charge in [-0.25, -0.2) is 0 Å². The third-order valence-corrected chi connectivity index (χ3v) is 7.19. The SMILES string of the molecule is C=C/C=C(\C(=C)Cl)c1cc2c(s1)C(=C)N(c1cncc3ccccc13)C(=C)N2Cc1cccnn1. The first kappa shape index (κ1) is 22.8. The van der Waals surface area contributed by atoms with Gasteiger partial charge >= 0.3 is 0 Å². The van der Waals surface area contributed by atoms with Crippen LogP contribution in [0.3, 0.4) is 0 Å². The van der Waals surface area contributed by atoms with Crippen molar-refractivity contribution in [1.29, 1.82) is 0 Å². The summed E-state index contributed by atoms with van der Waals surface area (Å²) in [5.74, 6) is 0.745. The molecule has 0 saturated heterocycles. The van der Waals surface area contributed by atoms with Crippen LogP contribution >= 0.6 is 22.9 Å². The maximum Gasteiger partial charge on any atom is 0.111 e. The topological polar surface area (TPSA) is 45.2 Å². The second-order valence-corrected chi connectivity index (χ2v) is 9.43. The molecular formula is C28H22ClN5S. The molecule has 0 radical (unpaired) electrons. The number of anilines is 2. The minimum atomic E-state index is 0.448. The maximum absolute atomic E-state index is 6.35. The van der Waals surface area contributed by atoms with Crippen molar-refractivity contribution in [2.24, 2.45) is 0 Å². The van der Waals surface area contributed by atoms with Gasteiger partial charge in [0.05, 0.1) is 40.4 Å². The number of benzene rings is 1. The maximum atomic E-state index is 6.35. The summed E-state index contributed by atoms with van der Waals surface area (Å²) >= 11 is 7.95. The molecule has 0 amide bonds. The van der Waals surface area contributed by atoms with Gasteiger partial charge in [0.2, 0.25) is 0 Å². The molecule has 1 aliphatic heterocycles. The van der Waals surface area contributed by atoms with E-state index in [1.807, 2.05) is 48.8 Å². The Kier molecular flexibility index (Phi) is 6.07. The van der Waals surface area contributed by atoms with Crippen LogP contribution in [0.2, 0.25) is 0 Å². The van der Waals surface area contributed by atoms with Gasteiger partial charge in [-0.15, -0.1) is 11.3 Å². The Labute approximate surface area is 213 Å². The summed E-state index contributed by atoms with van der Waals surface area (Å²) in [5, 5.41) is 10.9. The summed E-state index contributed by atoms with van der Waals surface area (Å²) in [7, 11) is 0. The highest BCUT2D eigenvalue weighted by molar-refractivity contribution is 7.15. The Morgan fingerprint density at radius 2 is 1.91 bits per heavy atom. The van der Waals surface area contributed by atoms with Crippen LogP contribution < -0.4 is 9.80 Å². The molecular weight excluding hydrogens is 474 g/mol. The van der Waals surface area contributed by atoms with Crippen LogP contribution in [0.4, 0.5) is 11.4 Å². The first-order chi connectivity index (χ1) is 17.0. The normalized spacial score (nSPS) is 13.8.